The van der Waals surface area contributed by atoms with Crippen LogP contribution in [-0.4, -0.2) is 9.97 Å². The lowest BCUT2D eigenvalue weighted by molar-refractivity contribution is 0.714. The van der Waals surface area contributed by atoms with Gasteiger partial charge in [0.2, 0.25) is 0 Å². The first-order chi connectivity index (χ1) is 7.31. The van der Waals surface area contributed by atoms with Gasteiger partial charge in [0.05, 0.1) is 11.4 Å². The number of nitrogens with zero attached hydrogens (tertiary/aromatic N) is 2. The van der Waals surface area contributed by atoms with Crippen molar-refractivity contribution in [1.29, 1.82) is 0 Å². The van der Waals surface area contributed by atoms with E-state index in [2.05, 4.69) is 29.2 Å². The molecule has 0 spiro atoms. The molecule has 3 heteroatoms. The molecule has 0 saturated heterocycles. The van der Waals surface area contributed by atoms with Crippen LogP contribution < -0.4 is 0 Å². The molecule has 0 amide bonds. The Morgan fingerprint density at radius 3 is 2.93 bits per heavy atom. The van der Waals surface area contributed by atoms with Crippen molar-refractivity contribution in [2.45, 2.75) is 26.2 Å². The Labute approximate surface area is 94.0 Å². The van der Waals surface area contributed by atoms with Crippen molar-refractivity contribution >= 4 is 11.3 Å². The average Bonchev–Trinajstić information content (AvgIpc) is 2.78. The zero-order valence-electron chi connectivity index (χ0n) is 8.97. The molecule has 0 aromatic carbocycles. The molecule has 78 valence electrons. The van der Waals surface area contributed by atoms with Crippen LogP contribution in [0.2, 0.25) is 0 Å². The maximum Gasteiger partial charge on any atom is 0.142 e. The number of thiazole rings is 1. The molecular weight excluding hydrogens is 204 g/mol. The van der Waals surface area contributed by atoms with Crippen molar-refractivity contribution in [3.05, 3.63) is 35.5 Å². The molecule has 0 aliphatic carbocycles. The third-order valence-corrected chi connectivity index (χ3v) is 3.41. The smallest absolute Gasteiger partial charge is 0.142 e. The normalized spacial score (nSPS) is 12.7. The van der Waals surface area contributed by atoms with Gasteiger partial charge in [-0.3, -0.25) is 4.98 Å². The topological polar surface area (TPSA) is 25.8 Å². The lowest BCUT2D eigenvalue weighted by Gasteiger charge is -2.02. The standard InChI is InChI=1S/C12H14N2S/c1-3-9(2)11-8-15-12(14-11)10-6-4-5-7-13-10/h4-9H,3H2,1-2H3. The van der Waals surface area contributed by atoms with Gasteiger partial charge in [-0.15, -0.1) is 11.3 Å². The molecule has 15 heavy (non-hydrogen) atoms. The molecule has 0 bridgehead atoms. The Morgan fingerprint density at radius 1 is 1.40 bits per heavy atom. The highest BCUT2D eigenvalue weighted by Crippen LogP contribution is 2.26. The van der Waals surface area contributed by atoms with Crippen LogP contribution >= 0.6 is 11.3 Å². The van der Waals surface area contributed by atoms with Crippen LogP contribution in [0, 0.1) is 0 Å². The van der Waals surface area contributed by atoms with Gasteiger partial charge >= 0.3 is 0 Å². The highest BCUT2D eigenvalue weighted by molar-refractivity contribution is 7.13. The summed E-state index contributed by atoms with van der Waals surface area (Å²) in [6.07, 6.45) is 2.94. The summed E-state index contributed by atoms with van der Waals surface area (Å²) >= 11 is 1.67. The Hall–Kier alpha value is -1.22. The summed E-state index contributed by atoms with van der Waals surface area (Å²) in [7, 11) is 0. The number of aromatic nitrogens is 2. The van der Waals surface area contributed by atoms with Gasteiger partial charge in [0.15, 0.2) is 0 Å². The average molecular weight is 218 g/mol. The van der Waals surface area contributed by atoms with E-state index in [0.717, 1.165) is 17.1 Å². The molecule has 2 heterocycles. The van der Waals surface area contributed by atoms with Gasteiger partial charge in [0.25, 0.3) is 0 Å². The van der Waals surface area contributed by atoms with E-state index in [-0.39, 0.29) is 0 Å². The molecule has 1 atom stereocenters. The van der Waals surface area contributed by atoms with E-state index in [9.17, 15) is 0 Å². The van der Waals surface area contributed by atoms with E-state index >= 15 is 0 Å². The summed E-state index contributed by atoms with van der Waals surface area (Å²) in [4.78, 5) is 8.90. The second-order valence-corrected chi connectivity index (χ2v) is 4.46. The van der Waals surface area contributed by atoms with Gasteiger partial charge in [-0.2, -0.15) is 0 Å². The van der Waals surface area contributed by atoms with E-state index in [1.165, 1.54) is 5.69 Å². The summed E-state index contributed by atoms with van der Waals surface area (Å²) < 4.78 is 0. The van der Waals surface area contributed by atoms with Crippen LogP contribution in [0.25, 0.3) is 10.7 Å². The fourth-order valence-corrected chi connectivity index (χ4v) is 2.25. The summed E-state index contributed by atoms with van der Waals surface area (Å²) in [5.74, 6) is 0.540. The predicted molar refractivity (Wildman–Crippen MR) is 64.1 cm³/mol. The molecule has 2 aromatic rings. The third kappa shape index (κ3) is 2.23. The van der Waals surface area contributed by atoms with Crippen LogP contribution in [0.3, 0.4) is 0 Å². The van der Waals surface area contributed by atoms with Gasteiger partial charge in [-0.05, 0) is 24.5 Å². The number of hydrogen-bond acceptors (Lipinski definition) is 3. The molecule has 2 nitrogen and oxygen atoms in total. The molecule has 2 rings (SSSR count). The van der Waals surface area contributed by atoms with Crippen LogP contribution in [0.1, 0.15) is 31.9 Å². The second kappa shape index (κ2) is 4.53. The Balaban J connectivity index is 2.28. The number of rotatable bonds is 3. The van der Waals surface area contributed by atoms with E-state index in [0.29, 0.717) is 5.92 Å². The van der Waals surface area contributed by atoms with E-state index < -0.39 is 0 Å². The van der Waals surface area contributed by atoms with Crippen molar-refractivity contribution in [3.8, 4) is 10.7 Å². The Kier molecular flexibility index (Phi) is 3.11. The summed E-state index contributed by atoms with van der Waals surface area (Å²) in [5.41, 5.74) is 2.15. The van der Waals surface area contributed by atoms with Crippen molar-refractivity contribution < 1.29 is 0 Å². The van der Waals surface area contributed by atoms with Crippen LogP contribution in [0.5, 0.6) is 0 Å². The molecule has 0 aliphatic rings. The highest BCUT2D eigenvalue weighted by Gasteiger charge is 2.09. The van der Waals surface area contributed by atoms with Crippen LogP contribution in [-0.2, 0) is 0 Å². The molecule has 0 fully saturated rings. The predicted octanol–water partition coefficient (Wildman–Crippen LogP) is 3.72. The Morgan fingerprint density at radius 2 is 2.27 bits per heavy atom. The first kappa shape index (κ1) is 10.3. The fourth-order valence-electron chi connectivity index (χ4n) is 1.33. The molecule has 0 aliphatic heterocycles. The van der Waals surface area contributed by atoms with Gasteiger partial charge < -0.3 is 0 Å². The van der Waals surface area contributed by atoms with Crippen molar-refractivity contribution in [3.63, 3.8) is 0 Å². The van der Waals surface area contributed by atoms with Gasteiger partial charge in [-0.25, -0.2) is 4.98 Å². The number of hydrogen-bond donors (Lipinski definition) is 0. The highest BCUT2D eigenvalue weighted by atomic mass is 32.1. The van der Waals surface area contributed by atoms with E-state index in [4.69, 9.17) is 0 Å². The van der Waals surface area contributed by atoms with E-state index in [1.807, 2.05) is 18.2 Å². The fraction of sp³-hybridized carbons (Fsp3) is 0.333. The molecule has 0 saturated carbocycles. The van der Waals surface area contributed by atoms with Crippen LogP contribution in [0.4, 0.5) is 0 Å². The van der Waals surface area contributed by atoms with Crippen LogP contribution in [0.15, 0.2) is 29.8 Å². The van der Waals surface area contributed by atoms with Gasteiger partial charge in [0, 0.05) is 11.6 Å². The molecule has 2 aromatic heterocycles. The quantitative estimate of drug-likeness (QED) is 0.784. The minimum atomic E-state index is 0.540. The minimum absolute atomic E-state index is 0.540. The summed E-state index contributed by atoms with van der Waals surface area (Å²) in [6.45, 7) is 4.39. The monoisotopic (exact) mass is 218 g/mol. The minimum Gasteiger partial charge on any atom is -0.254 e. The summed E-state index contributed by atoms with van der Waals surface area (Å²) in [5, 5.41) is 3.16. The first-order valence-electron chi connectivity index (χ1n) is 5.18. The van der Waals surface area contributed by atoms with Crippen molar-refractivity contribution in [2.24, 2.45) is 0 Å². The second-order valence-electron chi connectivity index (χ2n) is 3.60. The SMILES string of the molecule is CCC(C)c1csc(-c2ccccn2)n1. The number of pyridine rings is 1. The molecule has 0 radical (unpaired) electrons. The largest absolute Gasteiger partial charge is 0.254 e. The maximum atomic E-state index is 4.61. The lowest BCUT2D eigenvalue weighted by atomic mass is 10.1. The zero-order valence-corrected chi connectivity index (χ0v) is 9.79. The summed E-state index contributed by atoms with van der Waals surface area (Å²) in [6, 6.07) is 5.92. The third-order valence-electron chi connectivity index (χ3n) is 2.52. The van der Waals surface area contributed by atoms with Crippen molar-refractivity contribution in [2.75, 3.05) is 0 Å². The van der Waals surface area contributed by atoms with Gasteiger partial charge in [-0.1, -0.05) is 19.9 Å². The molecule has 0 N–H and O–H groups in total. The molecule has 1 unspecified atom stereocenters. The van der Waals surface area contributed by atoms with Gasteiger partial charge in [0.1, 0.15) is 5.01 Å². The maximum absolute atomic E-state index is 4.61. The first-order valence-corrected chi connectivity index (χ1v) is 6.06. The zero-order chi connectivity index (χ0) is 10.7. The van der Waals surface area contributed by atoms with Crippen molar-refractivity contribution in [1.82, 2.24) is 9.97 Å². The Bertz CT molecular complexity index is 422. The lowest BCUT2D eigenvalue weighted by Crippen LogP contribution is -1.91. The van der Waals surface area contributed by atoms with E-state index in [1.54, 1.807) is 17.5 Å². The molecular formula is C12H14N2S.